The first-order valence-corrected chi connectivity index (χ1v) is 5.99. The zero-order valence-electron chi connectivity index (χ0n) is 9.65. The number of rotatable bonds is 4. The van der Waals surface area contributed by atoms with Gasteiger partial charge >= 0.3 is 0 Å². The predicted molar refractivity (Wildman–Crippen MR) is 68.1 cm³/mol. The van der Waals surface area contributed by atoms with Gasteiger partial charge in [-0.2, -0.15) is 0 Å². The van der Waals surface area contributed by atoms with E-state index in [1.165, 1.54) is 11.3 Å². The fourth-order valence-corrected chi connectivity index (χ4v) is 2.32. The highest BCUT2D eigenvalue weighted by Gasteiger charge is 2.20. The van der Waals surface area contributed by atoms with Crippen LogP contribution in [0.15, 0.2) is 47.1 Å². The van der Waals surface area contributed by atoms with Crippen LogP contribution in [0.1, 0.15) is 17.2 Å². The fourth-order valence-electron chi connectivity index (χ4n) is 2.32. The Morgan fingerprint density at radius 1 is 1.24 bits per heavy atom. The molecule has 2 aromatic rings. The van der Waals surface area contributed by atoms with Gasteiger partial charge in [-0.3, -0.25) is 0 Å². The number of furan rings is 1. The van der Waals surface area contributed by atoms with Crippen LogP contribution in [0, 0.1) is 0 Å². The van der Waals surface area contributed by atoms with Crippen LogP contribution in [0.3, 0.4) is 0 Å². The maximum atomic E-state index is 5.29. The summed E-state index contributed by atoms with van der Waals surface area (Å²) in [7, 11) is 0. The van der Waals surface area contributed by atoms with Crippen molar-refractivity contribution < 1.29 is 4.42 Å². The van der Waals surface area contributed by atoms with E-state index in [-0.39, 0.29) is 0 Å². The molecule has 0 aliphatic carbocycles. The second-order valence-corrected chi connectivity index (χ2v) is 4.38. The summed E-state index contributed by atoms with van der Waals surface area (Å²) in [5.74, 6) is 1.55. The van der Waals surface area contributed by atoms with Gasteiger partial charge in [0.2, 0.25) is 0 Å². The number of para-hydroxylation sites is 1. The van der Waals surface area contributed by atoms with Crippen LogP contribution < -0.4 is 10.6 Å². The molecule has 1 aromatic heterocycles. The lowest BCUT2D eigenvalue weighted by Gasteiger charge is -2.10. The third kappa shape index (κ3) is 2.19. The zero-order valence-corrected chi connectivity index (χ0v) is 9.65. The molecule has 3 rings (SSSR count). The largest absolute Gasteiger partial charge is 0.468 e. The highest BCUT2D eigenvalue weighted by atomic mass is 16.3. The molecule has 3 nitrogen and oxygen atoms in total. The summed E-state index contributed by atoms with van der Waals surface area (Å²) in [6.45, 7) is 2.79. The second-order valence-electron chi connectivity index (χ2n) is 4.38. The molecule has 1 unspecified atom stereocenters. The molecule has 0 saturated heterocycles. The average molecular weight is 228 g/mol. The molecule has 0 bridgehead atoms. The second kappa shape index (κ2) is 4.63. The lowest BCUT2D eigenvalue weighted by Crippen LogP contribution is -2.22. The van der Waals surface area contributed by atoms with E-state index in [1.54, 1.807) is 6.26 Å². The molecule has 0 fully saturated rings. The maximum absolute atomic E-state index is 5.29. The summed E-state index contributed by atoms with van der Waals surface area (Å²) in [6, 6.07) is 12.4. The highest BCUT2D eigenvalue weighted by molar-refractivity contribution is 5.57. The molecule has 2 N–H and O–H groups in total. The molecule has 0 radical (unpaired) electrons. The molecule has 1 aliphatic rings. The lowest BCUT2D eigenvalue weighted by atomic mass is 10.0. The monoisotopic (exact) mass is 228 g/mol. The molecule has 0 saturated carbocycles. The Kier molecular flexibility index (Phi) is 2.84. The van der Waals surface area contributed by atoms with Crippen molar-refractivity contribution in [2.45, 2.75) is 12.5 Å². The Hall–Kier alpha value is -1.74. The van der Waals surface area contributed by atoms with Gasteiger partial charge in [0.15, 0.2) is 0 Å². The van der Waals surface area contributed by atoms with E-state index in [4.69, 9.17) is 4.42 Å². The van der Waals surface area contributed by atoms with Crippen molar-refractivity contribution in [3.8, 4) is 0 Å². The van der Waals surface area contributed by atoms with Gasteiger partial charge in [-0.1, -0.05) is 18.2 Å². The first kappa shape index (κ1) is 10.4. The van der Waals surface area contributed by atoms with Crippen molar-refractivity contribution in [3.05, 3.63) is 54.0 Å². The summed E-state index contributed by atoms with van der Waals surface area (Å²) in [6.07, 6.45) is 1.71. The van der Waals surface area contributed by atoms with Crippen molar-refractivity contribution in [2.24, 2.45) is 0 Å². The first-order valence-electron chi connectivity index (χ1n) is 5.99. The van der Waals surface area contributed by atoms with E-state index in [0.717, 1.165) is 25.4 Å². The Balaban J connectivity index is 1.57. The van der Waals surface area contributed by atoms with Crippen molar-refractivity contribution in [3.63, 3.8) is 0 Å². The summed E-state index contributed by atoms with van der Waals surface area (Å²) >= 11 is 0. The third-order valence-electron chi connectivity index (χ3n) is 3.21. The van der Waals surface area contributed by atoms with Crippen LogP contribution in [-0.4, -0.2) is 13.1 Å². The van der Waals surface area contributed by atoms with E-state index in [0.29, 0.717) is 5.92 Å². The van der Waals surface area contributed by atoms with Gasteiger partial charge in [-0.25, -0.2) is 0 Å². The summed E-state index contributed by atoms with van der Waals surface area (Å²) in [4.78, 5) is 0. The van der Waals surface area contributed by atoms with E-state index in [1.807, 2.05) is 12.1 Å². The van der Waals surface area contributed by atoms with E-state index in [9.17, 15) is 0 Å². The minimum Gasteiger partial charge on any atom is -0.468 e. The smallest absolute Gasteiger partial charge is 0.117 e. The average Bonchev–Trinajstić information content (AvgIpc) is 2.99. The minimum atomic E-state index is 0.557. The van der Waals surface area contributed by atoms with Crippen LogP contribution in [-0.2, 0) is 6.54 Å². The van der Waals surface area contributed by atoms with Crippen molar-refractivity contribution in [1.82, 2.24) is 5.32 Å². The number of hydrogen-bond donors (Lipinski definition) is 2. The maximum Gasteiger partial charge on any atom is 0.117 e. The molecular formula is C14H16N2O. The van der Waals surface area contributed by atoms with Gasteiger partial charge in [0.1, 0.15) is 5.76 Å². The number of anilines is 1. The van der Waals surface area contributed by atoms with Crippen LogP contribution in [0.5, 0.6) is 0 Å². The molecule has 2 heterocycles. The quantitative estimate of drug-likeness (QED) is 0.844. The molecule has 1 atom stereocenters. The Bertz CT molecular complexity index is 479. The fraction of sp³-hybridized carbons (Fsp3) is 0.286. The number of nitrogens with one attached hydrogen (secondary N) is 2. The lowest BCUT2D eigenvalue weighted by molar-refractivity contribution is 0.476. The van der Waals surface area contributed by atoms with Crippen LogP contribution >= 0.6 is 0 Å². The van der Waals surface area contributed by atoms with E-state index >= 15 is 0 Å². The Morgan fingerprint density at radius 3 is 3.06 bits per heavy atom. The molecule has 1 aliphatic heterocycles. The molecule has 88 valence electrons. The molecule has 0 spiro atoms. The van der Waals surface area contributed by atoms with Gasteiger partial charge in [0.05, 0.1) is 12.8 Å². The Labute approximate surface area is 101 Å². The zero-order chi connectivity index (χ0) is 11.5. The van der Waals surface area contributed by atoms with Crippen molar-refractivity contribution in [1.29, 1.82) is 0 Å². The van der Waals surface area contributed by atoms with Gasteiger partial charge in [-0.05, 0) is 23.8 Å². The van der Waals surface area contributed by atoms with Crippen molar-refractivity contribution >= 4 is 5.69 Å². The third-order valence-corrected chi connectivity index (χ3v) is 3.21. The summed E-state index contributed by atoms with van der Waals surface area (Å²) in [5, 5.41) is 6.87. The predicted octanol–water partition coefficient (Wildman–Crippen LogP) is 2.58. The van der Waals surface area contributed by atoms with Gasteiger partial charge < -0.3 is 15.1 Å². The Morgan fingerprint density at radius 2 is 2.18 bits per heavy atom. The molecular weight excluding hydrogens is 212 g/mol. The number of benzene rings is 1. The SMILES string of the molecule is c1coc(CNCC2CNc3ccccc32)c1. The number of fused-ring (bicyclic) bond motifs is 1. The topological polar surface area (TPSA) is 37.2 Å². The normalized spacial score (nSPS) is 17.8. The van der Waals surface area contributed by atoms with E-state index < -0.39 is 0 Å². The van der Waals surface area contributed by atoms with Crippen molar-refractivity contribution in [2.75, 3.05) is 18.4 Å². The molecule has 17 heavy (non-hydrogen) atoms. The van der Waals surface area contributed by atoms with Gasteiger partial charge in [0, 0.05) is 24.7 Å². The standard InChI is InChI=1S/C14H16N2O/c1-2-6-14-13(5-1)11(9-16-14)8-15-10-12-4-3-7-17-12/h1-7,11,15-16H,8-10H2. The molecule has 0 amide bonds. The minimum absolute atomic E-state index is 0.557. The van der Waals surface area contributed by atoms with Crippen LogP contribution in [0.4, 0.5) is 5.69 Å². The van der Waals surface area contributed by atoms with E-state index in [2.05, 4.69) is 34.9 Å². The summed E-state index contributed by atoms with van der Waals surface area (Å²) < 4.78 is 5.29. The van der Waals surface area contributed by atoms with Crippen LogP contribution in [0.2, 0.25) is 0 Å². The summed E-state index contributed by atoms with van der Waals surface area (Å²) in [5.41, 5.74) is 2.69. The van der Waals surface area contributed by atoms with Crippen LogP contribution in [0.25, 0.3) is 0 Å². The number of hydrogen-bond acceptors (Lipinski definition) is 3. The van der Waals surface area contributed by atoms with Gasteiger partial charge in [-0.15, -0.1) is 0 Å². The highest BCUT2D eigenvalue weighted by Crippen LogP contribution is 2.30. The van der Waals surface area contributed by atoms with Gasteiger partial charge in [0.25, 0.3) is 0 Å². The molecule has 3 heteroatoms. The first-order chi connectivity index (χ1) is 8.43. The molecule has 1 aromatic carbocycles.